The second-order valence-corrected chi connectivity index (χ2v) is 10.4. The lowest BCUT2D eigenvalue weighted by molar-refractivity contribution is 0.877. The molecule has 0 amide bonds. The number of fused-ring (bicyclic) bond motifs is 2. The van der Waals surface area contributed by atoms with Crippen LogP contribution in [0.15, 0.2) is 66.7 Å². The zero-order valence-electron chi connectivity index (χ0n) is 19.2. The van der Waals surface area contributed by atoms with Gasteiger partial charge in [0.1, 0.15) is 0 Å². The van der Waals surface area contributed by atoms with Gasteiger partial charge in [-0.15, -0.1) is 0 Å². The van der Waals surface area contributed by atoms with Crippen molar-refractivity contribution in [3.05, 3.63) is 109 Å². The molecule has 2 aromatic heterocycles. The normalized spacial score (nSPS) is 14.1. The third-order valence-electron chi connectivity index (χ3n) is 6.53. The van der Waals surface area contributed by atoms with Gasteiger partial charge < -0.3 is 0 Å². The number of para-hydroxylation sites is 1. The number of aryl methyl sites for hydroxylation is 1. The summed E-state index contributed by atoms with van der Waals surface area (Å²) in [5.41, 5.74) is 9.05. The number of allylic oxidation sites excluding steroid dienone is 1. The topological polar surface area (TPSA) is 30.7 Å². The summed E-state index contributed by atoms with van der Waals surface area (Å²) in [6.45, 7) is 2.03. The van der Waals surface area contributed by atoms with Crippen LogP contribution in [0.2, 0.25) is 20.1 Å². The van der Waals surface area contributed by atoms with Crippen LogP contribution in [0.5, 0.6) is 0 Å². The first-order chi connectivity index (χ1) is 17.4. The lowest BCUT2D eigenvalue weighted by Crippen LogP contribution is -2.00. The highest BCUT2D eigenvalue weighted by atomic mass is 35.5. The Balaban J connectivity index is 1.65. The van der Waals surface area contributed by atoms with Crippen molar-refractivity contribution in [2.24, 2.45) is 0 Å². The minimum absolute atomic E-state index is 0.519. The maximum Gasteiger partial charge on any atom is 0.164 e. The molecule has 36 heavy (non-hydrogen) atoms. The van der Waals surface area contributed by atoms with Crippen LogP contribution in [0.3, 0.4) is 0 Å². The first kappa shape index (κ1) is 23.6. The molecule has 6 rings (SSSR count). The van der Waals surface area contributed by atoms with Gasteiger partial charge in [0.05, 0.1) is 42.6 Å². The van der Waals surface area contributed by atoms with E-state index in [1.165, 1.54) is 5.56 Å². The fourth-order valence-corrected chi connectivity index (χ4v) is 5.51. The van der Waals surface area contributed by atoms with E-state index in [9.17, 15) is 0 Å². The van der Waals surface area contributed by atoms with E-state index in [4.69, 9.17) is 56.5 Å². The zero-order valence-corrected chi connectivity index (χ0v) is 22.2. The molecule has 5 aromatic rings. The Kier molecular flexibility index (Phi) is 6.05. The van der Waals surface area contributed by atoms with Gasteiger partial charge in [0.15, 0.2) is 5.65 Å². The number of rotatable bonds is 3. The molecule has 0 fully saturated rings. The fourth-order valence-electron chi connectivity index (χ4n) is 4.90. The Morgan fingerprint density at radius 1 is 0.806 bits per heavy atom. The molecule has 3 nitrogen and oxygen atoms in total. The van der Waals surface area contributed by atoms with E-state index >= 15 is 0 Å². The van der Waals surface area contributed by atoms with Crippen LogP contribution in [0.25, 0.3) is 39.5 Å². The highest BCUT2D eigenvalue weighted by Gasteiger charge is 2.28. The van der Waals surface area contributed by atoms with Crippen LogP contribution in [-0.4, -0.2) is 14.8 Å². The SMILES string of the molecule is Cc1nn(-c2ccccc2)c2nc3c(c(-c4ccc(Cl)c(Cl)c4)c12)CC/C3=C/c1ccc(Cl)c(Cl)c1. The van der Waals surface area contributed by atoms with E-state index in [2.05, 4.69) is 6.08 Å². The van der Waals surface area contributed by atoms with Crippen LogP contribution >= 0.6 is 46.4 Å². The largest absolute Gasteiger partial charge is 0.228 e. The number of hydrogen-bond donors (Lipinski definition) is 0. The molecule has 0 spiro atoms. The summed E-state index contributed by atoms with van der Waals surface area (Å²) in [6, 6.07) is 21.5. The van der Waals surface area contributed by atoms with Gasteiger partial charge in [0.25, 0.3) is 0 Å². The number of hydrogen-bond acceptors (Lipinski definition) is 2. The van der Waals surface area contributed by atoms with Gasteiger partial charge in [-0.25, -0.2) is 9.67 Å². The van der Waals surface area contributed by atoms with Crippen molar-refractivity contribution in [2.75, 3.05) is 0 Å². The monoisotopic (exact) mass is 549 g/mol. The van der Waals surface area contributed by atoms with Crippen molar-refractivity contribution in [2.45, 2.75) is 19.8 Å². The van der Waals surface area contributed by atoms with Crippen molar-refractivity contribution in [1.82, 2.24) is 14.8 Å². The summed E-state index contributed by atoms with van der Waals surface area (Å²) in [4.78, 5) is 5.21. The van der Waals surface area contributed by atoms with Gasteiger partial charge in [0.2, 0.25) is 0 Å². The molecule has 0 bridgehead atoms. The molecule has 1 aliphatic rings. The number of benzene rings is 3. The minimum Gasteiger partial charge on any atom is -0.228 e. The lowest BCUT2D eigenvalue weighted by atomic mass is 9.95. The Hall–Kier alpha value is -2.82. The second-order valence-electron chi connectivity index (χ2n) is 8.82. The highest BCUT2D eigenvalue weighted by Crippen LogP contribution is 2.44. The predicted molar refractivity (Wildman–Crippen MR) is 152 cm³/mol. The smallest absolute Gasteiger partial charge is 0.164 e. The molecule has 0 atom stereocenters. The number of aromatic nitrogens is 3. The van der Waals surface area contributed by atoms with E-state index in [0.717, 1.165) is 63.2 Å². The lowest BCUT2D eigenvalue weighted by Gasteiger charge is -2.13. The number of nitrogens with zero attached hydrogens (tertiary/aromatic N) is 3. The Bertz CT molecular complexity index is 1690. The Morgan fingerprint density at radius 3 is 2.25 bits per heavy atom. The van der Waals surface area contributed by atoms with E-state index in [1.54, 1.807) is 0 Å². The zero-order chi connectivity index (χ0) is 25.0. The van der Waals surface area contributed by atoms with Gasteiger partial charge in [0, 0.05) is 0 Å². The average molecular weight is 551 g/mol. The molecule has 0 saturated heterocycles. The van der Waals surface area contributed by atoms with Gasteiger partial charge in [-0.2, -0.15) is 5.10 Å². The molecule has 7 heteroatoms. The summed E-state index contributed by atoms with van der Waals surface area (Å²) in [5, 5.41) is 8.03. The van der Waals surface area contributed by atoms with Crippen LogP contribution in [0.1, 0.15) is 28.9 Å². The third kappa shape index (κ3) is 4.01. The first-order valence-electron chi connectivity index (χ1n) is 11.5. The molecule has 0 aliphatic heterocycles. The molecule has 0 radical (unpaired) electrons. The molecular formula is C29H19Cl4N3. The average Bonchev–Trinajstić information content (AvgIpc) is 3.43. The van der Waals surface area contributed by atoms with Gasteiger partial charge in [-0.05, 0) is 90.1 Å². The summed E-state index contributed by atoms with van der Waals surface area (Å²) in [6.07, 6.45) is 3.86. The number of pyridine rings is 1. The molecule has 0 saturated carbocycles. The third-order valence-corrected chi connectivity index (χ3v) is 8.01. The van der Waals surface area contributed by atoms with E-state index in [0.29, 0.717) is 20.1 Å². The fraction of sp³-hybridized carbons (Fsp3) is 0.103. The van der Waals surface area contributed by atoms with Crippen molar-refractivity contribution < 1.29 is 0 Å². The molecule has 1 aliphatic carbocycles. The second kappa shape index (κ2) is 9.24. The van der Waals surface area contributed by atoms with E-state index in [-0.39, 0.29) is 0 Å². The molecule has 0 unspecified atom stereocenters. The van der Waals surface area contributed by atoms with Gasteiger partial charge in [-0.1, -0.05) is 76.7 Å². The molecule has 2 heterocycles. The summed E-state index contributed by atoms with van der Waals surface area (Å²) < 4.78 is 1.92. The van der Waals surface area contributed by atoms with Crippen molar-refractivity contribution >= 4 is 69.1 Å². The Morgan fingerprint density at radius 2 is 1.53 bits per heavy atom. The molecule has 0 N–H and O–H groups in total. The highest BCUT2D eigenvalue weighted by molar-refractivity contribution is 6.42. The number of halogens is 4. The van der Waals surface area contributed by atoms with Crippen LogP contribution < -0.4 is 0 Å². The first-order valence-corrected chi connectivity index (χ1v) is 13.0. The minimum atomic E-state index is 0.519. The predicted octanol–water partition coefficient (Wildman–Crippen LogP) is 9.50. The van der Waals surface area contributed by atoms with Crippen molar-refractivity contribution in [3.8, 4) is 16.8 Å². The standard InChI is InChI=1S/C29H19Cl4N3/c1-16-26-27(18-9-12-23(31)25(33)15-18)21-10-8-19(13-17-7-11-22(30)24(32)14-17)28(21)34-29(26)36(35-16)20-5-3-2-4-6-20/h2-7,9,11-15H,8,10H2,1H3/b19-13-. The summed E-state index contributed by atoms with van der Waals surface area (Å²) in [5.74, 6) is 0. The Labute approximate surface area is 228 Å². The molecular weight excluding hydrogens is 532 g/mol. The molecule has 3 aromatic carbocycles. The van der Waals surface area contributed by atoms with Crippen LogP contribution in [0.4, 0.5) is 0 Å². The van der Waals surface area contributed by atoms with Gasteiger partial charge >= 0.3 is 0 Å². The van der Waals surface area contributed by atoms with Crippen molar-refractivity contribution in [3.63, 3.8) is 0 Å². The maximum absolute atomic E-state index is 6.47. The summed E-state index contributed by atoms with van der Waals surface area (Å²) in [7, 11) is 0. The van der Waals surface area contributed by atoms with Gasteiger partial charge in [-0.3, -0.25) is 0 Å². The maximum atomic E-state index is 6.47. The van der Waals surface area contributed by atoms with Crippen LogP contribution in [0, 0.1) is 6.92 Å². The van der Waals surface area contributed by atoms with Crippen LogP contribution in [-0.2, 0) is 6.42 Å². The molecule has 178 valence electrons. The van der Waals surface area contributed by atoms with E-state index < -0.39 is 0 Å². The summed E-state index contributed by atoms with van der Waals surface area (Å²) >= 11 is 25.2. The van der Waals surface area contributed by atoms with E-state index in [1.807, 2.05) is 78.3 Å². The quantitative estimate of drug-likeness (QED) is 0.224. The van der Waals surface area contributed by atoms with Crippen molar-refractivity contribution in [1.29, 1.82) is 0 Å².